The van der Waals surface area contributed by atoms with Gasteiger partial charge < -0.3 is 15.6 Å². The van der Waals surface area contributed by atoms with Crippen molar-refractivity contribution >= 4 is 24.0 Å². The van der Waals surface area contributed by atoms with Crippen LogP contribution in [0.4, 0.5) is 19.0 Å². The molecule has 25 heavy (non-hydrogen) atoms. The van der Waals surface area contributed by atoms with Crippen LogP contribution in [0, 0.1) is 4.77 Å². The lowest BCUT2D eigenvalue weighted by molar-refractivity contribution is -0.267. The largest absolute Gasteiger partial charge is 0.466 e. The molecular formula is C14H12F3N3O4S. The Morgan fingerprint density at radius 3 is 2.36 bits per heavy atom. The Labute approximate surface area is 143 Å². The van der Waals surface area contributed by atoms with E-state index in [9.17, 15) is 27.9 Å². The van der Waals surface area contributed by atoms with Gasteiger partial charge in [-0.1, -0.05) is 18.2 Å². The zero-order valence-electron chi connectivity index (χ0n) is 12.6. The standard InChI is InChI=1S/C14H12F3N3O4S/c1-24-11(22)13(23,14(15,16)17)8-9(18)20(12(25)19-10(8)21)7-5-3-2-4-6-7/h2-6,23H,18H2,1H3,(H,19,21,25). The van der Waals surface area contributed by atoms with Crippen LogP contribution >= 0.6 is 12.2 Å². The quantitative estimate of drug-likeness (QED) is 0.553. The van der Waals surface area contributed by atoms with E-state index in [1.807, 2.05) is 4.98 Å². The molecule has 7 nitrogen and oxygen atoms in total. The SMILES string of the molecule is COC(=O)C(O)(c1c(N)n(-c2ccccc2)c(=S)[nH]c1=O)C(F)(F)F. The molecule has 11 heteroatoms. The number of H-pyrrole nitrogens is 1. The molecule has 2 aromatic rings. The third kappa shape index (κ3) is 2.91. The summed E-state index contributed by atoms with van der Waals surface area (Å²) >= 11 is 4.93. The van der Waals surface area contributed by atoms with E-state index in [4.69, 9.17) is 18.0 Å². The number of halogens is 3. The summed E-state index contributed by atoms with van der Waals surface area (Å²) in [4.78, 5) is 25.7. The van der Waals surface area contributed by atoms with Gasteiger partial charge in [-0.2, -0.15) is 13.2 Å². The number of anilines is 1. The minimum atomic E-state index is -5.57. The Hall–Kier alpha value is -2.66. The fourth-order valence-corrected chi connectivity index (χ4v) is 2.54. The van der Waals surface area contributed by atoms with Crippen LogP contribution in [0.3, 0.4) is 0 Å². The Morgan fingerprint density at radius 2 is 1.88 bits per heavy atom. The number of ether oxygens (including phenoxy) is 1. The number of nitrogens with two attached hydrogens (primary N) is 1. The molecule has 1 aromatic carbocycles. The second-order valence-corrected chi connectivity index (χ2v) is 5.28. The van der Waals surface area contributed by atoms with Crippen LogP contribution in [0.5, 0.6) is 0 Å². The fraction of sp³-hybridized carbons (Fsp3) is 0.214. The molecule has 2 rings (SSSR count). The number of nitrogens with one attached hydrogen (secondary N) is 1. The molecule has 0 radical (unpaired) electrons. The predicted octanol–water partition coefficient (Wildman–Crippen LogP) is 1.40. The molecule has 0 saturated heterocycles. The second-order valence-electron chi connectivity index (χ2n) is 4.89. The van der Waals surface area contributed by atoms with Gasteiger partial charge >= 0.3 is 12.1 Å². The normalized spacial score (nSPS) is 14.0. The van der Waals surface area contributed by atoms with E-state index in [0.29, 0.717) is 7.11 Å². The molecule has 0 saturated carbocycles. The second kappa shape index (κ2) is 6.33. The molecule has 4 N–H and O–H groups in total. The highest BCUT2D eigenvalue weighted by Gasteiger charge is 2.64. The number of esters is 1. The Kier molecular flexibility index (Phi) is 4.73. The van der Waals surface area contributed by atoms with Crippen LogP contribution in [0.25, 0.3) is 5.69 Å². The average molecular weight is 375 g/mol. The molecule has 0 aliphatic carbocycles. The van der Waals surface area contributed by atoms with Crippen LogP contribution in [0.15, 0.2) is 35.1 Å². The number of aromatic nitrogens is 2. The smallest absolute Gasteiger partial charge is 0.432 e. The van der Waals surface area contributed by atoms with Crippen LogP contribution in [-0.2, 0) is 15.1 Å². The van der Waals surface area contributed by atoms with E-state index in [2.05, 4.69) is 4.74 Å². The van der Waals surface area contributed by atoms with E-state index in [0.717, 1.165) is 4.57 Å². The number of alkyl halides is 3. The van der Waals surface area contributed by atoms with Gasteiger partial charge in [0, 0.05) is 5.69 Å². The highest BCUT2D eigenvalue weighted by Crippen LogP contribution is 2.40. The molecule has 0 bridgehead atoms. The number of para-hydroxylation sites is 1. The summed E-state index contributed by atoms with van der Waals surface area (Å²) in [7, 11) is 0.635. The summed E-state index contributed by atoms with van der Waals surface area (Å²) in [5, 5.41) is 10.1. The van der Waals surface area contributed by atoms with Crippen molar-refractivity contribution in [3.05, 3.63) is 51.0 Å². The highest BCUT2D eigenvalue weighted by atomic mass is 32.1. The summed E-state index contributed by atoms with van der Waals surface area (Å²) in [6.45, 7) is 0. The number of nitrogen functional groups attached to an aromatic ring is 1. The minimum absolute atomic E-state index is 0.219. The summed E-state index contributed by atoms with van der Waals surface area (Å²) in [5.41, 5.74) is -1.23. The van der Waals surface area contributed by atoms with Gasteiger partial charge in [0.2, 0.25) is 0 Å². The Balaban J connectivity index is 2.94. The van der Waals surface area contributed by atoms with E-state index >= 15 is 0 Å². The van der Waals surface area contributed by atoms with Crippen LogP contribution in [-0.4, -0.2) is 33.9 Å². The third-order valence-electron chi connectivity index (χ3n) is 3.41. The number of aromatic amines is 1. The first-order chi connectivity index (χ1) is 11.6. The van der Waals surface area contributed by atoms with Crippen molar-refractivity contribution < 1.29 is 27.8 Å². The van der Waals surface area contributed by atoms with Crippen molar-refractivity contribution in [3.8, 4) is 5.69 Å². The first kappa shape index (κ1) is 18.7. The van der Waals surface area contributed by atoms with Gasteiger partial charge in [0.05, 0.1) is 7.11 Å². The van der Waals surface area contributed by atoms with Gasteiger partial charge in [0.1, 0.15) is 11.4 Å². The molecule has 0 spiro atoms. The van der Waals surface area contributed by atoms with Crippen molar-refractivity contribution in [1.82, 2.24) is 9.55 Å². The first-order valence-electron chi connectivity index (χ1n) is 6.64. The summed E-state index contributed by atoms with van der Waals surface area (Å²) in [5.74, 6) is -2.95. The van der Waals surface area contributed by atoms with Gasteiger partial charge in [-0.25, -0.2) is 4.79 Å². The lowest BCUT2D eigenvalue weighted by Gasteiger charge is -2.28. The van der Waals surface area contributed by atoms with Gasteiger partial charge in [0.25, 0.3) is 11.2 Å². The number of carbonyl (C=O) groups is 1. The van der Waals surface area contributed by atoms with E-state index < -0.39 is 34.7 Å². The molecule has 1 aromatic heterocycles. The van der Waals surface area contributed by atoms with Crippen molar-refractivity contribution in [1.29, 1.82) is 0 Å². The molecule has 134 valence electrons. The maximum Gasteiger partial charge on any atom is 0.432 e. The maximum atomic E-state index is 13.4. The molecule has 1 heterocycles. The fourth-order valence-electron chi connectivity index (χ4n) is 2.24. The van der Waals surface area contributed by atoms with Crippen molar-refractivity contribution in [2.45, 2.75) is 11.8 Å². The minimum Gasteiger partial charge on any atom is -0.466 e. The highest BCUT2D eigenvalue weighted by molar-refractivity contribution is 7.71. The van der Waals surface area contributed by atoms with Crippen molar-refractivity contribution in [3.63, 3.8) is 0 Å². The van der Waals surface area contributed by atoms with Gasteiger partial charge in [-0.15, -0.1) is 0 Å². The molecule has 0 fully saturated rings. The van der Waals surface area contributed by atoms with E-state index in [-0.39, 0.29) is 10.5 Å². The van der Waals surface area contributed by atoms with E-state index in [1.54, 1.807) is 18.2 Å². The van der Waals surface area contributed by atoms with Crippen LogP contribution in [0.2, 0.25) is 0 Å². The molecule has 0 aliphatic heterocycles. The number of methoxy groups -OCH3 is 1. The number of carbonyl (C=O) groups excluding carboxylic acids is 1. The zero-order chi connectivity index (χ0) is 19.0. The average Bonchev–Trinajstić information content (AvgIpc) is 2.53. The van der Waals surface area contributed by atoms with Crippen LogP contribution in [0.1, 0.15) is 5.56 Å². The Bertz CT molecular complexity index is 924. The molecular weight excluding hydrogens is 363 g/mol. The number of aliphatic hydroxyl groups is 1. The number of benzene rings is 1. The molecule has 0 amide bonds. The molecule has 1 atom stereocenters. The number of nitrogens with zero attached hydrogens (tertiary/aromatic N) is 1. The number of hydrogen-bond donors (Lipinski definition) is 3. The zero-order valence-corrected chi connectivity index (χ0v) is 13.4. The third-order valence-corrected chi connectivity index (χ3v) is 3.70. The van der Waals surface area contributed by atoms with Crippen molar-refractivity contribution in [2.24, 2.45) is 0 Å². The lowest BCUT2D eigenvalue weighted by atomic mass is 9.94. The topological polar surface area (TPSA) is 110 Å². The molecule has 1 unspecified atom stereocenters. The van der Waals surface area contributed by atoms with Gasteiger partial charge in [0.15, 0.2) is 4.77 Å². The maximum absolute atomic E-state index is 13.4. The monoisotopic (exact) mass is 375 g/mol. The van der Waals surface area contributed by atoms with Crippen molar-refractivity contribution in [2.75, 3.05) is 12.8 Å². The summed E-state index contributed by atoms with van der Waals surface area (Å²) in [6.07, 6.45) is -5.57. The first-order valence-corrected chi connectivity index (χ1v) is 7.04. The summed E-state index contributed by atoms with van der Waals surface area (Å²) < 4.78 is 44.9. The molecule has 0 aliphatic rings. The Morgan fingerprint density at radius 1 is 1.32 bits per heavy atom. The summed E-state index contributed by atoms with van der Waals surface area (Å²) in [6, 6.07) is 7.66. The van der Waals surface area contributed by atoms with Crippen LogP contribution < -0.4 is 11.3 Å². The van der Waals surface area contributed by atoms with E-state index in [1.165, 1.54) is 12.1 Å². The number of hydrogen-bond acceptors (Lipinski definition) is 6. The van der Waals surface area contributed by atoms with Gasteiger partial charge in [-0.05, 0) is 24.4 Å². The predicted molar refractivity (Wildman–Crippen MR) is 83.6 cm³/mol. The lowest BCUT2D eigenvalue weighted by Crippen LogP contribution is -2.53. The number of rotatable bonds is 3. The van der Waals surface area contributed by atoms with Gasteiger partial charge in [-0.3, -0.25) is 14.3 Å².